The second kappa shape index (κ2) is 6.69. The molecule has 3 aromatic carbocycles. The molecular formula is C20H14ClFN2O2. The summed E-state index contributed by atoms with van der Waals surface area (Å²) in [6, 6.07) is 22.2. The number of hydroxylamine groups is 1. The predicted octanol–water partition coefficient (Wildman–Crippen LogP) is 5.56. The summed E-state index contributed by atoms with van der Waals surface area (Å²) in [6.07, 6.45) is -1.13. The third kappa shape index (κ3) is 2.97. The van der Waals surface area contributed by atoms with Crippen LogP contribution in [-0.4, -0.2) is 6.09 Å². The second-order valence-electron chi connectivity index (χ2n) is 5.79. The fourth-order valence-corrected chi connectivity index (χ4v) is 3.13. The summed E-state index contributed by atoms with van der Waals surface area (Å²) < 4.78 is 13.4. The van der Waals surface area contributed by atoms with E-state index in [1.165, 1.54) is 22.1 Å². The molecule has 1 saturated heterocycles. The van der Waals surface area contributed by atoms with Gasteiger partial charge in [-0.15, -0.1) is 0 Å². The number of hydrogen-bond acceptors (Lipinski definition) is 3. The molecule has 130 valence electrons. The minimum absolute atomic E-state index is 0.348. The Balaban J connectivity index is 1.84. The molecule has 0 aliphatic carbocycles. The molecule has 0 spiro atoms. The van der Waals surface area contributed by atoms with Crippen molar-refractivity contribution in [2.45, 2.75) is 6.17 Å². The summed E-state index contributed by atoms with van der Waals surface area (Å²) in [6.45, 7) is 0. The zero-order chi connectivity index (χ0) is 18.1. The third-order valence-electron chi connectivity index (χ3n) is 4.11. The van der Waals surface area contributed by atoms with E-state index < -0.39 is 12.3 Å². The summed E-state index contributed by atoms with van der Waals surface area (Å²) in [5, 5.41) is 2.02. The van der Waals surface area contributed by atoms with Gasteiger partial charge in [0.15, 0.2) is 6.17 Å². The van der Waals surface area contributed by atoms with Crippen LogP contribution < -0.4 is 9.96 Å². The standard InChI is InChI=1S/C20H14ClFN2O2/c21-15-5-4-8-18(13-15)23-19(14-9-11-16(22)12-10-14)24(26-20(23)25)17-6-2-1-3-7-17/h1-13,19H/t19-/m1/s1. The van der Waals surface area contributed by atoms with Gasteiger partial charge in [-0.25, -0.2) is 14.1 Å². The van der Waals surface area contributed by atoms with Crippen LogP contribution in [0.15, 0.2) is 78.9 Å². The maximum absolute atomic E-state index is 13.4. The summed E-state index contributed by atoms with van der Waals surface area (Å²) >= 11 is 6.10. The number of para-hydroxylation sites is 1. The molecule has 1 fully saturated rings. The number of amides is 1. The average molecular weight is 369 g/mol. The van der Waals surface area contributed by atoms with Crippen LogP contribution in [0.25, 0.3) is 0 Å². The van der Waals surface area contributed by atoms with Crippen molar-refractivity contribution in [1.29, 1.82) is 0 Å². The lowest BCUT2D eigenvalue weighted by atomic mass is 10.1. The number of nitrogens with zero attached hydrogens (tertiary/aromatic N) is 2. The zero-order valence-electron chi connectivity index (χ0n) is 13.5. The first-order valence-electron chi connectivity index (χ1n) is 8.00. The molecule has 1 aliphatic rings. The molecule has 1 heterocycles. The van der Waals surface area contributed by atoms with Gasteiger partial charge in [-0.2, -0.15) is 5.06 Å². The van der Waals surface area contributed by atoms with Crippen molar-refractivity contribution < 1.29 is 14.0 Å². The number of anilines is 2. The highest BCUT2D eigenvalue weighted by molar-refractivity contribution is 6.30. The van der Waals surface area contributed by atoms with Crippen molar-refractivity contribution in [3.05, 3.63) is 95.3 Å². The molecule has 4 nitrogen and oxygen atoms in total. The minimum atomic E-state index is -0.594. The van der Waals surface area contributed by atoms with E-state index in [1.54, 1.807) is 36.4 Å². The fourth-order valence-electron chi connectivity index (χ4n) is 2.94. The lowest BCUT2D eigenvalue weighted by Gasteiger charge is -2.27. The lowest BCUT2D eigenvalue weighted by Crippen LogP contribution is -2.31. The molecule has 0 unspecified atom stereocenters. The van der Waals surface area contributed by atoms with Crippen LogP contribution in [0.2, 0.25) is 5.02 Å². The van der Waals surface area contributed by atoms with Gasteiger partial charge in [0.05, 0.1) is 11.4 Å². The molecule has 26 heavy (non-hydrogen) atoms. The molecular weight excluding hydrogens is 355 g/mol. The Morgan fingerprint density at radius 1 is 0.885 bits per heavy atom. The third-order valence-corrected chi connectivity index (χ3v) is 4.34. The van der Waals surface area contributed by atoms with E-state index >= 15 is 0 Å². The molecule has 0 aromatic heterocycles. The molecule has 0 N–H and O–H groups in total. The van der Waals surface area contributed by atoms with E-state index in [4.69, 9.17) is 16.4 Å². The molecule has 1 atom stereocenters. The first-order valence-corrected chi connectivity index (χ1v) is 8.38. The molecule has 6 heteroatoms. The Hall–Kier alpha value is -3.05. The predicted molar refractivity (Wildman–Crippen MR) is 98.5 cm³/mol. The summed E-state index contributed by atoms with van der Waals surface area (Å²) in [4.78, 5) is 19.7. The molecule has 4 rings (SSSR count). The molecule has 0 radical (unpaired) electrons. The van der Waals surface area contributed by atoms with Gasteiger partial charge >= 0.3 is 6.09 Å². The minimum Gasteiger partial charge on any atom is -0.319 e. The van der Waals surface area contributed by atoms with Crippen molar-refractivity contribution >= 4 is 29.1 Å². The fraction of sp³-hybridized carbons (Fsp3) is 0.0500. The van der Waals surface area contributed by atoms with Gasteiger partial charge in [-0.05, 0) is 48.0 Å². The number of hydrogen-bond donors (Lipinski definition) is 0. The van der Waals surface area contributed by atoms with Crippen LogP contribution in [0.5, 0.6) is 0 Å². The number of halogens is 2. The highest BCUT2D eigenvalue weighted by Gasteiger charge is 2.42. The van der Waals surface area contributed by atoms with E-state index in [1.807, 2.05) is 30.3 Å². The SMILES string of the molecule is O=C1ON(c2ccccc2)[C@H](c2ccc(F)cc2)N1c1cccc(Cl)c1. The van der Waals surface area contributed by atoms with Crippen molar-refractivity contribution in [2.75, 3.05) is 9.96 Å². The van der Waals surface area contributed by atoms with Crippen LogP contribution in [0.3, 0.4) is 0 Å². The second-order valence-corrected chi connectivity index (χ2v) is 6.23. The molecule has 3 aromatic rings. The number of carbonyl (C=O) groups excluding carboxylic acids is 1. The monoisotopic (exact) mass is 368 g/mol. The summed E-state index contributed by atoms with van der Waals surface area (Å²) in [7, 11) is 0. The van der Waals surface area contributed by atoms with E-state index in [9.17, 15) is 9.18 Å². The Morgan fingerprint density at radius 2 is 1.58 bits per heavy atom. The van der Waals surface area contributed by atoms with Crippen LogP contribution in [0.1, 0.15) is 11.7 Å². The quantitative estimate of drug-likeness (QED) is 0.607. The molecule has 1 aliphatic heterocycles. The molecule has 0 bridgehead atoms. The number of benzene rings is 3. The Morgan fingerprint density at radius 3 is 2.27 bits per heavy atom. The highest BCUT2D eigenvalue weighted by Crippen LogP contribution is 2.40. The van der Waals surface area contributed by atoms with Gasteiger partial charge in [0.2, 0.25) is 0 Å². The van der Waals surface area contributed by atoms with Crippen molar-refractivity contribution in [2.24, 2.45) is 0 Å². The zero-order valence-corrected chi connectivity index (χ0v) is 14.3. The largest absolute Gasteiger partial charge is 0.440 e. The van der Waals surface area contributed by atoms with E-state index in [0.29, 0.717) is 22.0 Å². The van der Waals surface area contributed by atoms with Crippen LogP contribution >= 0.6 is 11.6 Å². The van der Waals surface area contributed by atoms with E-state index in [-0.39, 0.29) is 5.82 Å². The van der Waals surface area contributed by atoms with Gasteiger partial charge in [-0.1, -0.05) is 48.0 Å². The Kier molecular flexibility index (Phi) is 4.22. The Labute approximate surface area is 154 Å². The number of rotatable bonds is 3. The first kappa shape index (κ1) is 16.4. The normalized spacial score (nSPS) is 16.7. The lowest BCUT2D eigenvalue weighted by molar-refractivity contribution is 0.164. The van der Waals surface area contributed by atoms with Gasteiger partial charge in [-0.3, -0.25) is 0 Å². The molecule has 0 saturated carbocycles. The van der Waals surface area contributed by atoms with Crippen LogP contribution in [-0.2, 0) is 4.84 Å². The Bertz CT molecular complexity index is 934. The van der Waals surface area contributed by atoms with Gasteiger partial charge in [0, 0.05) is 5.02 Å². The topological polar surface area (TPSA) is 32.8 Å². The van der Waals surface area contributed by atoms with Crippen LogP contribution in [0.4, 0.5) is 20.6 Å². The number of carbonyl (C=O) groups is 1. The smallest absolute Gasteiger partial charge is 0.319 e. The summed E-state index contributed by atoms with van der Waals surface area (Å²) in [5.41, 5.74) is 2.01. The van der Waals surface area contributed by atoms with Gasteiger partial charge < -0.3 is 4.84 Å². The highest BCUT2D eigenvalue weighted by atomic mass is 35.5. The maximum atomic E-state index is 13.4. The van der Waals surface area contributed by atoms with Crippen LogP contribution in [0, 0.1) is 5.82 Å². The van der Waals surface area contributed by atoms with Crippen molar-refractivity contribution in [1.82, 2.24) is 0 Å². The first-order chi connectivity index (χ1) is 12.6. The van der Waals surface area contributed by atoms with E-state index in [2.05, 4.69) is 0 Å². The molecule has 1 amide bonds. The van der Waals surface area contributed by atoms with Gasteiger partial charge in [0.25, 0.3) is 0 Å². The van der Waals surface area contributed by atoms with Gasteiger partial charge in [0.1, 0.15) is 5.82 Å². The van der Waals surface area contributed by atoms with Crippen molar-refractivity contribution in [3.63, 3.8) is 0 Å². The maximum Gasteiger partial charge on any atom is 0.440 e. The van der Waals surface area contributed by atoms with E-state index in [0.717, 1.165) is 0 Å². The van der Waals surface area contributed by atoms with Crippen molar-refractivity contribution in [3.8, 4) is 0 Å². The summed E-state index contributed by atoms with van der Waals surface area (Å²) in [5.74, 6) is -0.348. The average Bonchev–Trinajstić information content (AvgIpc) is 3.00.